The molecule has 0 aromatic heterocycles. The molecule has 2 N–H and O–H groups in total. The molecule has 2 bridgehead atoms. The van der Waals surface area contributed by atoms with E-state index in [2.05, 4.69) is 12.2 Å². The van der Waals surface area contributed by atoms with Crippen molar-refractivity contribution >= 4 is 17.8 Å². The Morgan fingerprint density at radius 3 is 2.57 bits per heavy atom. The fourth-order valence-corrected chi connectivity index (χ4v) is 6.58. The Hall–Kier alpha value is -2.53. The summed E-state index contributed by atoms with van der Waals surface area (Å²) in [6, 6.07) is 7.19. The van der Waals surface area contributed by atoms with E-state index in [-0.39, 0.29) is 30.6 Å². The number of carboxylic acid groups (broad SMARTS) is 1. The molecule has 4 heterocycles. The highest BCUT2D eigenvalue weighted by Crippen LogP contribution is 2.60. The number of rotatable bonds is 7. The normalized spacial score (nSPS) is 39.1. The highest BCUT2D eigenvalue weighted by molar-refractivity contribution is 5.86. The van der Waals surface area contributed by atoms with Gasteiger partial charge >= 0.3 is 11.9 Å². The number of hydrogen-bond acceptors (Lipinski definition) is 8. The lowest BCUT2D eigenvalue weighted by Gasteiger charge is -2.59. The van der Waals surface area contributed by atoms with Crippen LogP contribution in [0.1, 0.15) is 70.9 Å². The van der Waals surface area contributed by atoms with Crippen molar-refractivity contribution in [3.05, 3.63) is 35.9 Å². The van der Waals surface area contributed by atoms with Crippen molar-refractivity contribution in [1.29, 1.82) is 0 Å². The minimum Gasteiger partial charge on any atom is -0.479 e. The lowest BCUT2D eigenvalue weighted by molar-refractivity contribution is -0.576. The van der Waals surface area contributed by atoms with Gasteiger partial charge in [-0.2, -0.15) is 0 Å². The van der Waals surface area contributed by atoms with Crippen LogP contribution in [-0.2, 0) is 38.4 Å². The van der Waals surface area contributed by atoms with Gasteiger partial charge in [0.25, 0.3) is 0 Å². The first-order valence-corrected chi connectivity index (χ1v) is 13.1. The fraction of sp³-hybridized carbons (Fsp3) is 0.667. The van der Waals surface area contributed by atoms with E-state index in [0.29, 0.717) is 17.9 Å². The van der Waals surface area contributed by atoms with Gasteiger partial charge in [0.05, 0.1) is 6.42 Å². The smallest absolute Gasteiger partial charge is 0.330 e. The molecule has 1 saturated carbocycles. The summed E-state index contributed by atoms with van der Waals surface area (Å²) in [7, 11) is 0. The number of nitrogens with one attached hydrogen (secondary N) is 1. The molecule has 4 saturated heterocycles. The molecule has 1 amide bonds. The van der Waals surface area contributed by atoms with Crippen molar-refractivity contribution in [2.24, 2.45) is 23.7 Å². The van der Waals surface area contributed by atoms with Crippen LogP contribution in [0.5, 0.6) is 0 Å². The Morgan fingerprint density at radius 1 is 1.08 bits per heavy atom. The molecular formula is C27H35NO9. The van der Waals surface area contributed by atoms with Crippen molar-refractivity contribution in [3.8, 4) is 0 Å². The quantitative estimate of drug-likeness (QED) is 0.412. The minimum atomic E-state index is -1.20. The maximum Gasteiger partial charge on any atom is 0.330 e. The number of amides is 1. The molecule has 0 radical (unpaired) electrons. The molecule has 9 atom stereocenters. The van der Waals surface area contributed by atoms with E-state index in [0.717, 1.165) is 19.3 Å². The van der Waals surface area contributed by atoms with E-state index in [1.165, 1.54) is 0 Å². The van der Waals surface area contributed by atoms with E-state index in [1.54, 1.807) is 30.3 Å². The van der Waals surface area contributed by atoms with Crippen molar-refractivity contribution in [1.82, 2.24) is 5.32 Å². The molecule has 5 fully saturated rings. The maximum absolute atomic E-state index is 12.7. The van der Waals surface area contributed by atoms with E-state index in [9.17, 15) is 19.5 Å². The molecule has 1 spiro atoms. The first-order valence-electron chi connectivity index (χ1n) is 13.1. The number of fused-ring (bicyclic) bond motifs is 2. The summed E-state index contributed by atoms with van der Waals surface area (Å²) < 4.78 is 18.2. The standard InChI is InChI=1S/C27H35NO9/c1-15-9-10-19-16(2)24(34-25-27(19)18(15)13-14-26(3,35-25)36-37-27)33-21(30)12-11-20(29)28-22(23(31)32)17-7-5-4-6-8-17/h4-8,15-16,18-19,22,24-25H,9-14H2,1-3H3,(H,28,29)(H,31,32)/t15-,16-,18+,19+,22+,24-,25-,26-,27-/m1/s1. The van der Waals surface area contributed by atoms with Crippen LogP contribution < -0.4 is 5.32 Å². The van der Waals surface area contributed by atoms with Gasteiger partial charge in [0.1, 0.15) is 0 Å². The van der Waals surface area contributed by atoms with Gasteiger partial charge in [-0.25, -0.2) is 14.6 Å². The zero-order valence-corrected chi connectivity index (χ0v) is 21.4. The maximum atomic E-state index is 12.7. The van der Waals surface area contributed by atoms with Gasteiger partial charge in [0.15, 0.2) is 17.9 Å². The monoisotopic (exact) mass is 517 g/mol. The van der Waals surface area contributed by atoms with Crippen molar-refractivity contribution in [2.45, 2.75) is 89.3 Å². The van der Waals surface area contributed by atoms with Crippen LogP contribution in [-0.4, -0.2) is 46.9 Å². The average Bonchev–Trinajstić information content (AvgIpc) is 3.10. The fourth-order valence-electron chi connectivity index (χ4n) is 6.58. The van der Waals surface area contributed by atoms with Gasteiger partial charge in [0.2, 0.25) is 18.0 Å². The third-order valence-electron chi connectivity index (χ3n) is 8.59. The molecule has 202 valence electrons. The van der Waals surface area contributed by atoms with Crippen LogP contribution in [0, 0.1) is 23.7 Å². The summed E-state index contributed by atoms with van der Waals surface area (Å²) in [4.78, 5) is 48.7. The number of carbonyl (C=O) groups is 3. The first kappa shape index (κ1) is 26.1. The Balaban J connectivity index is 1.22. The summed E-state index contributed by atoms with van der Waals surface area (Å²) >= 11 is 0. The highest BCUT2D eigenvalue weighted by Gasteiger charge is 2.69. The van der Waals surface area contributed by atoms with Crippen molar-refractivity contribution in [2.75, 3.05) is 0 Å². The molecule has 5 aliphatic rings. The highest BCUT2D eigenvalue weighted by atomic mass is 17.3. The predicted molar refractivity (Wildman–Crippen MR) is 127 cm³/mol. The van der Waals surface area contributed by atoms with Gasteiger partial charge in [-0.05, 0) is 43.6 Å². The van der Waals surface area contributed by atoms with E-state index < -0.39 is 47.9 Å². The lowest BCUT2D eigenvalue weighted by Crippen LogP contribution is -2.70. The molecule has 1 aromatic rings. The molecule has 6 rings (SSSR count). The first-order chi connectivity index (χ1) is 17.6. The number of esters is 1. The topological polar surface area (TPSA) is 130 Å². The number of carboxylic acids is 1. The van der Waals surface area contributed by atoms with Crippen molar-refractivity contribution in [3.63, 3.8) is 0 Å². The summed E-state index contributed by atoms with van der Waals surface area (Å²) in [6.07, 6.45) is 1.48. The van der Waals surface area contributed by atoms with Crippen LogP contribution in [0.2, 0.25) is 0 Å². The van der Waals surface area contributed by atoms with E-state index in [1.807, 2.05) is 13.8 Å². The second-order valence-corrected chi connectivity index (χ2v) is 11.0. The van der Waals surface area contributed by atoms with Gasteiger partial charge < -0.3 is 24.6 Å². The molecule has 10 heteroatoms. The van der Waals surface area contributed by atoms with Crippen LogP contribution in [0.3, 0.4) is 0 Å². The largest absolute Gasteiger partial charge is 0.479 e. The number of benzene rings is 1. The summed E-state index contributed by atoms with van der Waals surface area (Å²) in [5, 5.41) is 12.0. The summed E-state index contributed by atoms with van der Waals surface area (Å²) in [5.74, 6) is -2.80. The van der Waals surface area contributed by atoms with Gasteiger partial charge in [-0.3, -0.25) is 9.59 Å². The second-order valence-electron chi connectivity index (χ2n) is 11.0. The summed E-state index contributed by atoms with van der Waals surface area (Å²) in [6.45, 7) is 6.04. The third kappa shape index (κ3) is 4.76. The Labute approximate surface area is 215 Å². The molecule has 1 aromatic carbocycles. The molecular weight excluding hydrogens is 482 g/mol. The van der Waals surface area contributed by atoms with Gasteiger partial charge in [-0.15, -0.1) is 0 Å². The van der Waals surface area contributed by atoms with Crippen LogP contribution in [0.15, 0.2) is 30.3 Å². The zero-order chi connectivity index (χ0) is 26.4. The van der Waals surface area contributed by atoms with Crippen LogP contribution >= 0.6 is 0 Å². The Kier molecular flexibility index (Phi) is 7.04. The summed E-state index contributed by atoms with van der Waals surface area (Å²) in [5.41, 5.74) is -0.305. The minimum absolute atomic E-state index is 0.0124. The number of hydrogen-bond donors (Lipinski definition) is 2. The average molecular weight is 518 g/mol. The van der Waals surface area contributed by atoms with Crippen LogP contribution in [0.25, 0.3) is 0 Å². The number of carbonyl (C=O) groups excluding carboxylic acids is 2. The van der Waals surface area contributed by atoms with E-state index >= 15 is 0 Å². The number of ether oxygens (including phenoxy) is 3. The SMILES string of the molecule is C[C@H]1[C@H](OC(=O)CCC(=O)N[C@H](C(=O)O)c2ccccc2)O[C@@H]2O[C@@]3(C)CC[C@H]4[C@H](C)CC[C@@H]1[C@@]24OO3. The molecule has 37 heavy (non-hydrogen) atoms. The number of aliphatic carboxylic acids is 1. The van der Waals surface area contributed by atoms with E-state index in [4.69, 9.17) is 24.0 Å². The third-order valence-corrected chi connectivity index (χ3v) is 8.59. The van der Waals surface area contributed by atoms with Gasteiger partial charge in [-0.1, -0.05) is 44.2 Å². The second kappa shape index (κ2) is 9.98. The lowest BCUT2D eigenvalue weighted by atomic mass is 9.58. The zero-order valence-electron chi connectivity index (χ0n) is 21.4. The Bertz CT molecular complexity index is 1030. The predicted octanol–water partition coefficient (Wildman–Crippen LogP) is 3.46. The van der Waals surface area contributed by atoms with Crippen LogP contribution in [0.4, 0.5) is 0 Å². The molecule has 0 unspecified atom stereocenters. The van der Waals surface area contributed by atoms with Gasteiger partial charge in [0, 0.05) is 24.7 Å². The molecule has 10 nitrogen and oxygen atoms in total. The van der Waals surface area contributed by atoms with Crippen molar-refractivity contribution < 1.29 is 43.5 Å². The molecule has 4 aliphatic heterocycles. The Morgan fingerprint density at radius 2 is 1.84 bits per heavy atom. The molecule has 1 aliphatic carbocycles.